The van der Waals surface area contributed by atoms with Gasteiger partial charge in [-0.3, -0.25) is 9.20 Å². The second-order valence-electron chi connectivity index (χ2n) is 6.07. The van der Waals surface area contributed by atoms with Gasteiger partial charge in [0.25, 0.3) is 5.56 Å². The average molecular weight is 373 g/mol. The van der Waals surface area contributed by atoms with Crippen molar-refractivity contribution in [3.05, 3.63) is 56.0 Å². The van der Waals surface area contributed by atoms with Crippen LogP contribution in [0.15, 0.2) is 28.5 Å². The molecule has 0 radical (unpaired) electrons. The lowest BCUT2D eigenvalue weighted by Crippen LogP contribution is -2.26. The third kappa shape index (κ3) is 3.32. The first-order valence-corrected chi connectivity index (χ1v) is 9.15. The highest BCUT2D eigenvalue weighted by Gasteiger charge is 2.19. The van der Waals surface area contributed by atoms with E-state index in [0.29, 0.717) is 23.7 Å². The Morgan fingerprint density at radius 1 is 1.38 bits per heavy atom. The minimum atomic E-state index is -1.27. The number of aromatic nitrogens is 3. The second kappa shape index (κ2) is 7.25. The first-order valence-electron chi connectivity index (χ1n) is 8.27. The Kier molecular flexibility index (Phi) is 5.03. The van der Waals surface area contributed by atoms with Gasteiger partial charge in [0.1, 0.15) is 17.2 Å². The topological polar surface area (TPSA) is 93.8 Å². The molecule has 8 heteroatoms. The number of carbonyl (C=O) groups is 1. The van der Waals surface area contributed by atoms with Crippen molar-refractivity contribution in [1.29, 1.82) is 0 Å². The molecule has 0 saturated heterocycles. The summed E-state index contributed by atoms with van der Waals surface area (Å²) in [5.74, 6) is -0.513. The minimum absolute atomic E-state index is 0.245. The summed E-state index contributed by atoms with van der Waals surface area (Å²) in [5.41, 5.74) is 0.653. The molecule has 0 saturated carbocycles. The van der Waals surface area contributed by atoms with Gasteiger partial charge in [-0.2, -0.15) is 0 Å². The number of carboxylic acid groups (broad SMARTS) is 1. The van der Waals surface area contributed by atoms with Crippen molar-refractivity contribution in [2.75, 3.05) is 0 Å². The van der Waals surface area contributed by atoms with Gasteiger partial charge in [-0.1, -0.05) is 20.8 Å². The molecule has 3 rings (SSSR count). The van der Waals surface area contributed by atoms with Crippen LogP contribution < -0.4 is 10.3 Å². The molecule has 1 N–H and O–H groups in total. The normalized spacial score (nSPS) is 11.2. The van der Waals surface area contributed by atoms with Gasteiger partial charge in [-0.15, -0.1) is 11.3 Å². The zero-order chi connectivity index (χ0) is 18.8. The molecular weight excluding hydrogens is 354 g/mol. The van der Waals surface area contributed by atoms with Crippen molar-refractivity contribution in [2.45, 2.75) is 39.7 Å². The van der Waals surface area contributed by atoms with Crippen LogP contribution in [0.25, 0.3) is 5.65 Å². The Morgan fingerprint density at radius 2 is 2.15 bits per heavy atom. The van der Waals surface area contributed by atoms with Crippen molar-refractivity contribution in [3.63, 3.8) is 0 Å². The highest BCUT2D eigenvalue weighted by Crippen LogP contribution is 2.22. The van der Waals surface area contributed by atoms with E-state index in [0.717, 1.165) is 10.7 Å². The van der Waals surface area contributed by atoms with Crippen LogP contribution in [0.1, 0.15) is 53.4 Å². The van der Waals surface area contributed by atoms with E-state index >= 15 is 0 Å². The highest BCUT2D eigenvalue weighted by molar-refractivity contribution is 7.09. The van der Waals surface area contributed by atoms with Gasteiger partial charge in [-0.05, 0) is 24.5 Å². The Hall–Kier alpha value is -2.74. The summed E-state index contributed by atoms with van der Waals surface area (Å²) in [5, 5.41) is 12.1. The number of pyridine rings is 1. The fourth-order valence-corrected chi connectivity index (χ4v) is 3.43. The molecule has 0 atom stereocenters. The van der Waals surface area contributed by atoms with Crippen molar-refractivity contribution in [3.8, 4) is 5.75 Å². The Balaban J connectivity index is 1.99. The second-order valence-corrected chi connectivity index (χ2v) is 7.02. The molecule has 3 heterocycles. The van der Waals surface area contributed by atoms with Gasteiger partial charge in [0.05, 0.1) is 11.4 Å². The third-order valence-electron chi connectivity index (χ3n) is 3.95. The molecule has 0 aliphatic heterocycles. The number of ether oxygens (including phenoxy) is 1. The first kappa shape index (κ1) is 18.1. The first-order chi connectivity index (χ1) is 12.4. The van der Waals surface area contributed by atoms with Crippen LogP contribution in [0.2, 0.25) is 0 Å². The SMILES string of the molecule is CCc1nc2c(OCc3nc(C(C)C)cs3)cccn2c(=O)c1C(=O)O. The van der Waals surface area contributed by atoms with Gasteiger partial charge < -0.3 is 9.84 Å². The van der Waals surface area contributed by atoms with Gasteiger partial charge in [-0.25, -0.2) is 14.8 Å². The van der Waals surface area contributed by atoms with Gasteiger partial charge >= 0.3 is 5.97 Å². The summed E-state index contributed by atoms with van der Waals surface area (Å²) in [6.07, 6.45) is 1.83. The maximum atomic E-state index is 12.5. The monoisotopic (exact) mass is 373 g/mol. The predicted octanol–water partition coefficient (Wildman–Crippen LogP) is 3.11. The quantitative estimate of drug-likeness (QED) is 0.713. The summed E-state index contributed by atoms with van der Waals surface area (Å²) in [6, 6.07) is 3.34. The molecule has 0 fully saturated rings. The number of nitrogens with zero attached hydrogens (tertiary/aromatic N) is 3. The molecule has 3 aromatic rings. The maximum Gasteiger partial charge on any atom is 0.343 e. The van der Waals surface area contributed by atoms with E-state index < -0.39 is 11.5 Å². The molecule has 3 aromatic heterocycles. The lowest BCUT2D eigenvalue weighted by Gasteiger charge is -2.11. The summed E-state index contributed by atoms with van der Waals surface area (Å²) in [6.45, 7) is 6.17. The Bertz CT molecular complexity index is 1020. The van der Waals surface area contributed by atoms with Gasteiger partial charge in [0.2, 0.25) is 0 Å². The van der Waals surface area contributed by atoms with Crippen LogP contribution in [0.5, 0.6) is 5.75 Å². The zero-order valence-electron chi connectivity index (χ0n) is 14.7. The molecule has 0 spiro atoms. The van der Waals surface area contributed by atoms with Crippen LogP contribution in [-0.2, 0) is 13.0 Å². The van der Waals surface area contributed by atoms with E-state index in [1.54, 1.807) is 19.1 Å². The molecule has 26 heavy (non-hydrogen) atoms. The molecule has 0 unspecified atom stereocenters. The number of aryl methyl sites for hydroxylation is 1. The largest absolute Gasteiger partial charge is 0.483 e. The van der Waals surface area contributed by atoms with Crippen LogP contribution in [0.3, 0.4) is 0 Å². The standard InChI is InChI=1S/C18H19N3O4S/c1-4-11-15(18(23)24)17(22)21-7-5-6-13(16(21)20-11)25-8-14-19-12(9-26-14)10(2)3/h5-7,9-10H,4,8H2,1-3H3,(H,23,24). The molecule has 0 aliphatic carbocycles. The molecule has 0 amide bonds. The lowest BCUT2D eigenvalue weighted by atomic mass is 10.2. The van der Waals surface area contributed by atoms with E-state index in [1.807, 2.05) is 5.38 Å². The predicted molar refractivity (Wildman–Crippen MR) is 98.3 cm³/mol. The van der Waals surface area contributed by atoms with Gasteiger partial charge in [0.15, 0.2) is 11.4 Å². The number of rotatable bonds is 6. The Morgan fingerprint density at radius 3 is 2.77 bits per heavy atom. The van der Waals surface area contributed by atoms with Crippen LogP contribution in [0, 0.1) is 0 Å². The third-order valence-corrected chi connectivity index (χ3v) is 4.79. The summed E-state index contributed by atoms with van der Waals surface area (Å²) in [4.78, 5) is 32.8. The number of carboxylic acids is 1. The molecule has 7 nitrogen and oxygen atoms in total. The zero-order valence-corrected chi connectivity index (χ0v) is 15.5. The van der Waals surface area contributed by atoms with Crippen molar-refractivity contribution < 1.29 is 14.6 Å². The van der Waals surface area contributed by atoms with Crippen LogP contribution in [-0.4, -0.2) is 25.4 Å². The fraction of sp³-hybridized carbons (Fsp3) is 0.333. The Labute approximate surface area is 153 Å². The van der Waals surface area contributed by atoms with E-state index in [9.17, 15) is 14.7 Å². The van der Waals surface area contributed by atoms with Crippen LogP contribution >= 0.6 is 11.3 Å². The number of hydrogen-bond donors (Lipinski definition) is 1. The van der Waals surface area contributed by atoms with Gasteiger partial charge in [0, 0.05) is 11.6 Å². The number of fused-ring (bicyclic) bond motifs is 1. The molecular formula is C18H19N3O4S. The summed E-state index contributed by atoms with van der Waals surface area (Å²) < 4.78 is 7.04. The van der Waals surface area contributed by atoms with E-state index in [2.05, 4.69) is 23.8 Å². The van der Waals surface area contributed by atoms with E-state index in [1.165, 1.54) is 21.9 Å². The number of aromatic carboxylic acids is 1. The van der Waals surface area contributed by atoms with E-state index in [4.69, 9.17) is 4.74 Å². The lowest BCUT2D eigenvalue weighted by molar-refractivity contribution is 0.0693. The molecule has 136 valence electrons. The molecule has 0 aliphatic rings. The maximum absolute atomic E-state index is 12.5. The van der Waals surface area contributed by atoms with E-state index in [-0.39, 0.29) is 17.9 Å². The fourth-order valence-electron chi connectivity index (χ4n) is 2.56. The number of thiazole rings is 1. The summed E-state index contributed by atoms with van der Waals surface area (Å²) >= 11 is 1.52. The summed E-state index contributed by atoms with van der Waals surface area (Å²) in [7, 11) is 0. The van der Waals surface area contributed by atoms with Crippen molar-refractivity contribution in [2.24, 2.45) is 0 Å². The average Bonchev–Trinajstić information content (AvgIpc) is 3.08. The minimum Gasteiger partial charge on any atom is -0.483 e. The van der Waals surface area contributed by atoms with Crippen molar-refractivity contribution in [1.82, 2.24) is 14.4 Å². The van der Waals surface area contributed by atoms with Crippen molar-refractivity contribution >= 4 is 23.0 Å². The van der Waals surface area contributed by atoms with Crippen LogP contribution in [0.4, 0.5) is 0 Å². The number of hydrogen-bond acceptors (Lipinski definition) is 6. The molecule has 0 aromatic carbocycles. The molecule has 0 bridgehead atoms. The highest BCUT2D eigenvalue weighted by atomic mass is 32.1. The smallest absolute Gasteiger partial charge is 0.343 e.